The van der Waals surface area contributed by atoms with Crippen LogP contribution in [-0.2, 0) is 6.42 Å². The maximum atomic E-state index is 11.1. The molecular weight excluding hydrogens is 292 g/mol. The van der Waals surface area contributed by atoms with Crippen molar-refractivity contribution >= 4 is 34.5 Å². The largest absolute Gasteiger partial charge is 0.385 e. The fourth-order valence-electron chi connectivity index (χ4n) is 2.35. The molecule has 0 fully saturated rings. The number of nitrogens with one attached hydrogen (secondary N) is 2. The Bertz CT molecular complexity index is 705. The van der Waals surface area contributed by atoms with E-state index in [2.05, 4.69) is 15.6 Å². The van der Waals surface area contributed by atoms with Gasteiger partial charge >= 0.3 is 5.69 Å². The number of anilines is 3. The summed E-state index contributed by atoms with van der Waals surface area (Å²) in [5.74, 6) is 0.188. The van der Waals surface area contributed by atoms with Crippen LogP contribution in [0.1, 0.15) is 12.0 Å². The van der Waals surface area contributed by atoms with Gasteiger partial charge in [0.25, 0.3) is 0 Å². The van der Waals surface area contributed by atoms with Crippen molar-refractivity contribution in [3.8, 4) is 0 Å². The summed E-state index contributed by atoms with van der Waals surface area (Å²) in [7, 11) is 0. The smallest absolute Gasteiger partial charge is 0.313 e. The predicted molar refractivity (Wildman–Crippen MR) is 82.4 cm³/mol. The van der Waals surface area contributed by atoms with Gasteiger partial charge in [0.1, 0.15) is 0 Å². The fraction of sp³-hybridized carbons (Fsp3) is 0.214. The van der Waals surface area contributed by atoms with E-state index in [1.807, 2.05) is 18.2 Å². The van der Waals surface area contributed by atoms with E-state index in [1.165, 1.54) is 17.8 Å². The number of pyridine rings is 1. The molecule has 7 heteroatoms. The molecule has 1 aliphatic heterocycles. The molecule has 2 N–H and O–H groups in total. The molecule has 1 aliphatic rings. The zero-order valence-electron chi connectivity index (χ0n) is 11.1. The number of rotatable bonds is 3. The van der Waals surface area contributed by atoms with Gasteiger partial charge in [-0.05, 0) is 36.6 Å². The second-order valence-electron chi connectivity index (χ2n) is 4.81. The summed E-state index contributed by atoms with van der Waals surface area (Å²) in [6.45, 7) is 0.976. The maximum absolute atomic E-state index is 11.1. The van der Waals surface area contributed by atoms with Crippen LogP contribution in [0.2, 0.25) is 5.02 Å². The predicted octanol–water partition coefficient (Wildman–Crippen LogP) is 3.74. The van der Waals surface area contributed by atoms with Gasteiger partial charge in [-0.25, -0.2) is 4.98 Å². The minimum atomic E-state index is -0.499. The fourth-order valence-corrected chi connectivity index (χ4v) is 2.51. The summed E-state index contributed by atoms with van der Waals surface area (Å²) in [6, 6.07) is 7.12. The minimum Gasteiger partial charge on any atom is -0.385 e. The Kier molecular flexibility index (Phi) is 3.62. The molecule has 0 aliphatic carbocycles. The highest BCUT2D eigenvalue weighted by Gasteiger charge is 2.17. The molecule has 0 saturated carbocycles. The number of nitrogens with zero attached hydrogens (tertiary/aromatic N) is 2. The van der Waals surface area contributed by atoms with Gasteiger partial charge in [0.15, 0.2) is 0 Å². The first-order chi connectivity index (χ1) is 10.1. The number of fused-ring (bicyclic) bond motifs is 1. The lowest BCUT2D eigenvalue weighted by Gasteiger charge is -2.18. The summed E-state index contributed by atoms with van der Waals surface area (Å²) in [6.07, 6.45) is 3.46. The summed E-state index contributed by atoms with van der Waals surface area (Å²) < 4.78 is 0. The topological polar surface area (TPSA) is 80.1 Å². The van der Waals surface area contributed by atoms with E-state index in [0.717, 1.165) is 30.8 Å². The van der Waals surface area contributed by atoms with Crippen LogP contribution < -0.4 is 10.6 Å². The lowest BCUT2D eigenvalue weighted by molar-refractivity contribution is -0.384. The van der Waals surface area contributed by atoms with E-state index >= 15 is 0 Å². The van der Waals surface area contributed by atoms with Gasteiger partial charge in [0.2, 0.25) is 5.82 Å². The van der Waals surface area contributed by atoms with Gasteiger partial charge in [-0.2, -0.15) is 0 Å². The first kappa shape index (κ1) is 13.6. The summed E-state index contributed by atoms with van der Waals surface area (Å²) in [4.78, 5) is 14.6. The number of aromatic nitrogens is 1. The monoisotopic (exact) mass is 304 g/mol. The normalized spacial score (nSPS) is 13.2. The standard InChI is InChI=1S/C14H13ClN4O2/c15-10-7-13(19(20)21)14(17-8-10)18-11-3-4-12-9(6-11)2-1-5-16-12/h3-4,6-8,16H,1-2,5H2,(H,17,18). The Morgan fingerprint density at radius 2 is 2.24 bits per heavy atom. The zero-order valence-corrected chi connectivity index (χ0v) is 11.9. The molecule has 0 unspecified atom stereocenters. The molecule has 108 valence electrons. The van der Waals surface area contributed by atoms with Crippen LogP contribution >= 0.6 is 11.6 Å². The average molecular weight is 305 g/mol. The molecule has 2 heterocycles. The number of halogens is 1. The molecule has 0 bridgehead atoms. The number of benzene rings is 1. The summed E-state index contributed by atoms with van der Waals surface area (Å²) in [5.41, 5.74) is 2.95. The van der Waals surface area contributed by atoms with E-state index in [9.17, 15) is 10.1 Å². The second kappa shape index (κ2) is 5.57. The Labute approximate surface area is 126 Å². The third-order valence-corrected chi connectivity index (χ3v) is 3.54. The lowest BCUT2D eigenvalue weighted by atomic mass is 10.0. The quantitative estimate of drug-likeness (QED) is 0.667. The van der Waals surface area contributed by atoms with Crippen LogP contribution in [0.15, 0.2) is 30.5 Å². The minimum absolute atomic E-state index is 0.140. The number of hydrogen-bond donors (Lipinski definition) is 2. The molecule has 2 aromatic rings. The van der Waals surface area contributed by atoms with Crippen LogP contribution in [-0.4, -0.2) is 16.5 Å². The maximum Gasteiger partial charge on any atom is 0.313 e. The van der Waals surface area contributed by atoms with Crippen molar-refractivity contribution in [2.75, 3.05) is 17.2 Å². The first-order valence-electron chi connectivity index (χ1n) is 6.57. The summed E-state index contributed by atoms with van der Waals surface area (Å²) >= 11 is 5.76. The SMILES string of the molecule is O=[N+]([O-])c1cc(Cl)cnc1Nc1ccc2c(c1)CCCN2. The molecule has 0 radical (unpaired) electrons. The molecule has 1 aromatic heterocycles. The molecule has 0 spiro atoms. The lowest BCUT2D eigenvalue weighted by Crippen LogP contribution is -2.11. The highest BCUT2D eigenvalue weighted by Crippen LogP contribution is 2.30. The van der Waals surface area contributed by atoms with Crippen LogP contribution in [0.3, 0.4) is 0 Å². The van der Waals surface area contributed by atoms with Crippen molar-refractivity contribution in [3.05, 3.63) is 51.2 Å². The van der Waals surface area contributed by atoms with Gasteiger partial charge in [-0.1, -0.05) is 11.6 Å². The van der Waals surface area contributed by atoms with Crippen molar-refractivity contribution in [1.82, 2.24) is 4.98 Å². The van der Waals surface area contributed by atoms with E-state index in [1.54, 1.807) is 0 Å². The molecule has 21 heavy (non-hydrogen) atoms. The Hall–Kier alpha value is -2.34. The van der Waals surface area contributed by atoms with Crippen molar-refractivity contribution in [3.63, 3.8) is 0 Å². The molecule has 0 saturated heterocycles. The van der Waals surface area contributed by atoms with Crippen molar-refractivity contribution in [1.29, 1.82) is 0 Å². The Morgan fingerprint density at radius 1 is 1.38 bits per heavy atom. The molecule has 0 atom stereocenters. The molecule has 3 rings (SSSR count). The van der Waals surface area contributed by atoms with Crippen LogP contribution in [0, 0.1) is 10.1 Å². The van der Waals surface area contributed by atoms with Gasteiger partial charge in [0, 0.05) is 30.2 Å². The van der Waals surface area contributed by atoms with Gasteiger partial charge < -0.3 is 10.6 Å². The van der Waals surface area contributed by atoms with Crippen molar-refractivity contribution in [2.45, 2.75) is 12.8 Å². The van der Waals surface area contributed by atoms with Crippen LogP contribution in [0.4, 0.5) is 22.9 Å². The Balaban J connectivity index is 1.92. The van der Waals surface area contributed by atoms with E-state index in [-0.39, 0.29) is 16.5 Å². The third kappa shape index (κ3) is 2.90. The second-order valence-corrected chi connectivity index (χ2v) is 5.24. The van der Waals surface area contributed by atoms with Crippen LogP contribution in [0.25, 0.3) is 0 Å². The van der Waals surface area contributed by atoms with Gasteiger partial charge in [-0.3, -0.25) is 10.1 Å². The number of hydrogen-bond acceptors (Lipinski definition) is 5. The van der Waals surface area contributed by atoms with Crippen molar-refractivity contribution < 1.29 is 4.92 Å². The van der Waals surface area contributed by atoms with Crippen LogP contribution in [0.5, 0.6) is 0 Å². The third-order valence-electron chi connectivity index (χ3n) is 3.34. The molecular formula is C14H13ClN4O2. The van der Waals surface area contributed by atoms with Gasteiger partial charge in [-0.15, -0.1) is 0 Å². The van der Waals surface area contributed by atoms with E-state index in [0.29, 0.717) is 0 Å². The average Bonchev–Trinajstić information content (AvgIpc) is 2.49. The molecule has 1 aromatic carbocycles. The van der Waals surface area contributed by atoms with Crippen molar-refractivity contribution in [2.24, 2.45) is 0 Å². The Morgan fingerprint density at radius 3 is 3.05 bits per heavy atom. The number of aryl methyl sites for hydroxylation is 1. The first-order valence-corrected chi connectivity index (χ1v) is 6.95. The molecule has 6 nitrogen and oxygen atoms in total. The van der Waals surface area contributed by atoms with E-state index < -0.39 is 4.92 Å². The van der Waals surface area contributed by atoms with Gasteiger partial charge in [0.05, 0.1) is 9.95 Å². The zero-order chi connectivity index (χ0) is 14.8. The number of nitro groups is 1. The molecule has 0 amide bonds. The van der Waals surface area contributed by atoms with E-state index in [4.69, 9.17) is 11.6 Å². The summed E-state index contributed by atoms with van der Waals surface area (Å²) in [5, 5.41) is 17.6. The highest BCUT2D eigenvalue weighted by atomic mass is 35.5. The highest BCUT2D eigenvalue weighted by molar-refractivity contribution is 6.30.